The number of benzene rings is 2. The SMILES string of the molecule is O=C(c1ccc(-c2ccccc2)cc1)N(I)Cc1cncc2cn[nH]c12. The molecule has 0 saturated carbocycles. The summed E-state index contributed by atoms with van der Waals surface area (Å²) in [6, 6.07) is 17.8. The maximum atomic E-state index is 12.7. The quantitative estimate of drug-likeness (QED) is 0.362. The van der Waals surface area contributed by atoms with Crippen LogP contribution < -0.4 is 0 Å². The molecule has 0 aliphatic rings. The highest BCUT2D eigenvalue weighted by Crippen LogP contribution is 2.22. The van der Waals surface area contributed by atoms with Gasteiger partial charge in [0.05, 0.1) is 41.1 Å². The van der Waals surface area contributed by atoms with Crippen LogP contribution in [0, 0.1) is 0 Å². The maximum Gasteiger partial charge on any atom is 0.262 e. The second kappa shape index (κ2) is 7.25. The molecule has 128 valence electrons. The minimum atomic E-state index is -0.0401. The number of carbonyl (C=O) groups excluding carboxylic acids is 1. The topological polar surface area (TPSA) is 61.9 Å². The first-order chi connectivity index (χ1) is 12.7. The van der Waals surface area contributed by atoms with E-state index in [4.69, 9.17) is 0 Å². The third kappa shape index (κ3) is 3.32. The van der Waals surface area contributed by atoms with Gasteiger partial charge in [-0.1, -0.05) is 42.5 Å². The molecule has 1 amide bonds. The van der Waals surface area contributed by atoms with Gasteiger partial charge in [0.15, 0.2) is 0 Å². The van der Waals surface area contributed by atoms with Gasteiger partial charge in [0.1, 0.15) is 0 Å². The van der Waals surface area contributed by atoms with Crippen LogP contribution in [0.15, 0.2) is 73.2 Å². The van der Waals surface area contributed by atoms with Gasteiger partial charge in [-0.15, -0.1) is 0 Å². The molecular weight excluding hydrogens is 439 g/mol. The second-order valence-corrected chi connectivity index (χ2v) is 7.07. The van der Waals surface area contributed by atoms with Gasteiger partial charge in [0, 0.05) is 28.9 Å². The molecule has 0 radical (unpaired) electrons. The molecular formula is C20H15IN4O. The number of hydrogen-bond acceptors (Lipinski definition) is 3. The van der Waals surface area contributed by atoms with Crippen molar-refractivity contribution >= 4 is 39.7 Å². The van der Waals surface area contributed by atoms with Crippen LogP contribution in [0.4, 0.5) is 0 Å². The van der Waals surface area contributed by atoms with E-state index < -0.39 is 0 Å². The molecule has 4 aromatic rings. The van der Waals surface area contributed by atoms with E-state index in [9.17, 15) is 4.79 Å². The fraction of sp³-hybridized carbons (Fsp3) is 0.0500. The highest BCUT2D eigenvalue weighted by molar-refractivity contribution is 14.1. The second-order valence-electron chi connectivity index (χ2n) is 5.90. The summed E-state index contributed by atoms with van der Waals surface area (Å²) in [5, 5.41) is 7.94. The molecule has 0 spiro atoms. The number of aromatic amines is 1. The summed E-state index contributed by atoms with van der Waals surface area (Å²) in [4.78, 5) is 17.0. The van der Waals surface area contributed by atoms with E-state index in [0.29, 0.717) is 12.1 Å². The van der Waals surface area contributed by atoms with Gasteiger partial charge in [0.25, 0.3) is 5.91 Å². The lowest BCUT2D eigenvalue weighted by molar-refractivity contribution is 0.0883. The Morgan fingerprint density at radius 2 is 1.69 bits per heavy atom. The molecule has 0 saturated heterocycles. The number of halogens is 1. The summed E-state index contributed by atoms with van der Waals surface area (Å²) in [6.45, 7) is 0.451. The van der Waals surface area contributed by atoms with E-state index >= 15 is 0 Å². The van der Waals surface area contributed by atoms with Crippen molar-refractivity contribution in [1.29, 1.82) is 0 Å². The summed E-state index contributed by atoms with van der Waals surface area (Å²) in [5.74, 6) is -0.0401. The Morgan fingerprint density at radius 1 is 0.962 bits per heavy atom. The van der Waals surface area contributed by atoms with Gasteiger partial charge in [-0.05, 0) is 23.3 Å². The minimum absolute atomic E-state index is 0.0401. The van der Waals surface area contributed by atoms with Gasteiger partial charge in [-0.3, -0.25) is 18.0 Å². The summed E-state index contributed by atoms with van der Waals surface area (Å²) in [5.41, 5.74) is 4.73. The van der Waals surface area contributed by atoms with Gasteiger partial charge < -0.3 is 0 Å². The fourth-order valence-electron chi connectivity index (χ4n) is 2.84. The van der Waals surface area contributed by atoms with Gasteiger partial charge in [0.2, 0.25) is 0 Å². The Balaban J connectivity index is 1.52. The molecule has 2 aromatic carbocycles. The Hall–Kier alpha value is -2.74. The molecule has 0 atom stereocenters. The zero-order valence-electron chi connectivity index (χ0n) is 13.8. The molecule has 2 heterocycles. The first-order valence-corrected chi connectivity index (χ1v) is 9.08. The molecule has 26 heavy (non-hydrogen) atoms. The summed E-state index contributed by atoms with van der Waals surface area (Å²) >= 11 is 2.05. The van der Waals surface area contributed by atoms with Crippen LogP contribution in [0.1, 0.15) is 15.9 Å². The van der Waals surface area contributed by atoms with Gasteiger partial charge in [-0.25, -0.2) is 0 Å². The van der Waals surface area contributed by atoms with Crippen molar-refractivity contribution in [1.82, 2.24) is 18.3 Å². The molecule has 2 aromatic heterocycles. The lowest BCUT2D eigenvalue weighted by Crippen LogP contribution is -2.20. The lowest BCUT2D eigenvalue weighted by atomic mass is 10.0. The molecule has 0 aliphatic carbocycles. The third-order valence-electron chi connectivity index (χ3n) is 4.20. The Morgan fingerprint density at radius 3 is 2.46 bits per heavy atom. The molecule has 0 aliphatic heterocycles. The summed E-state index contributed by atoms with van der Waals surface area (Å²) in [7, 11) is 0. The number of nitrogens with one attached hydrogen (secondary N) is 1. The number of amides is 1. The van der Waals surface area contributed by atoms with E-state index in [0.717, 1.165) is 27.6 Å². The Bertz CT molecular complexity index is 1040. The van der Waals surface area contributed by atoms with E-state index in [-0.39, 0.29) is 5.91 Å². The van der Waals surface area contributed by atoms with Crippen LogP contribution in [0.5, 0.6) is 0 Å². The number of H-pyrrole nitrogens is 1. The van der Waals surface area contributed by atoms with Crippen molar-refractivity contribution in [2.75, 3.05) is 0 Å². The first kappa shape index (κ1) is 16.7. The lowest BCUT2D eigenvalue weighted by Gasteiger charge is -2.15. The largest absolute Gasteiger partial charge is 0.277 e. The van der Waals surface area contributed by atoms with Gasteiger partial charge in [-0.2, -0.15) is 5.10 Å². The van der Waals surface area contributed by atoms with Crippen LogP contribution >= 0.6 is 22.9 Å². The predicted octanol–water partition coefficient (Wildman–Crippen LogP) is 4.62. The van der Waals surface area contributed by atoms with Crippen molar-refractivity contribution in [3.05, 3.63) is 84.3 Å². The molecule has 0 bridgehead atoms. The molecule has 6 heteroatoms. The Kier molecular flexibility index (Phi) is 4.66. The zero-order chi connectivity index (χ0) is 17.9. The highest BCUT2D eigenvalue weighted by atomic mass is 127. The Labute approximate surface area is 164 Å². The van der Waals surface area contributed by atoms with Crippen LogP contribution in [-0.4, -0.2) is 24.2 Å². The van der Waals surface area contributed by atoms with Crippen molar-refractivity contribution < 1.29 is 4.79 Å². The van der Waals surface area contributed by atoms with E-state index in [2.05, 4.69) is 27.3 Å². The zero-order valence-corrected chi connectivity index (χ0v) is 15.9. The monoisotopic (exact) mass is 454 g/mol. The third-order valence-corrected chi connectivity index (χ3v) is 4.98. The van der Waals surface area contributed by atoms with Crippen molar-refractivity contribution in [2.24, 2.45) is 0 Å². The number of nitrogens with zero attached hydrogens (tertiary/aromatic N) is 3. The number of fused-ring (bicyclic) bond motifs is 1. The fourth-order valence-corrected chi connectivity index (χ4v) is 3.49. The minimum Gasteiger partial charge on any atom is -0.277 e. The van der Waals surface area contributed by atoms with Crippen molar-refractivity contribution in [2.45, 2.75) is 6.54 Å². The first-order valence-electron chi connectivity index (χ1n) is 8.11. The molecule has 0 fully saturated rings. The van der Waals surface area contributed by atoms with Crippen molar-refractivity contribution in [3.63, 3.8) is 0 Å². The molecule has 1 N–H and O–H groups in total. The summed E-state index contributed by atoms with van der Waals surface area (Å²) in [6.07, 6.45) is 5.25. The van der Waals surface area contributed by atoms with Crippen molar-refractivity contribution in [3.8, 4) is 11.1 Å². The molecule has 5 nitrogen and oxygen atoms in total. The molecule has 0 unspecified atom stereocenters. The number of rotatable bonds is 4. The van der Waals surface area contributed by atoms with E-state index in [1.807, 2.05) is 65.3 Å². The smallest absolute Gasteiger partial charge is 0.262 e. The van der Waals surface area contributed by atoms with E-state index in [1.54, 1.807) is 21.7 Å². The highest BCUT2D eigenvalue weighted by Gasteiger charge is 2.15. The summed E-state index contributed by atoms with van der Waals surface area (Å²) < 4.78 is 1.66. The van der Waals surface area contributed by atoms with Gasteiger partial charge >= 0.3 is 0 Å². The predicted molar refractivity (Wildman–Crippen MR) is 110 cm³/mol. The molecule has 4 rings (SSSR count). The van der Waals surface area contributed by atoms with Crippen LogP contribution in [0.3, 0.4) is 0 Å². The number of pyridine rings is 1. The van der Waals surface area contributed by atoms with E-state index in [1.165, 1.54) is 0 Å². The number of hydrogen-bond donors (Lipinski definition) is 1. The average molecular weight is 454 g/mol. The number of aromatic nitrogens is 3. The standard InChI is InChI=1S/C20H15IN4O/c21-25(13-18-11-22-10-17-12-23-24-19(17)18)20(26)16-8-6-15(7-9-16)14-4-2-1-3-5-14/h1-12H,13H2,(H,23,24). The van der Waals surface area contributed by atoms with Crippen LogP contribution in [0.25, 0.3) is 22.0 Å². The normalized spacial score (nSPS) is 10.8. The van der Waals surface area contributed by atoms with Crippen LogP contribution in [0.2, 0.25) is 0 Å². The average Bonchev–Trinajstić information content (AvgIpc) is 3.18. The number of carbonyl (C=O) groups is 1. The van der Waals surface area contributed by atoms with Crippen LogP contribution in [-0.2, 0) is 6.54 Å². The maximum absolute atomic E-state index is 12.7.